The second-order valence-corrected chi connectivity index (χ2v) is 6.58. The molecule has 0 atom stereocenters. The zero-order valence-electron chi connectivity index (χ0n) is 12.0. The van der Waals surface area contributed by atoms with Gasteiger partial charge in [-0.15, -0.1) is 11.3 Å². The zero-order chi connectivity index (χ0) is 16.1. The minimum atomic E-state index is -0.486. The van der Waals surface area contributed by atoms with Crippen molar-refractivity contribution in [1.82, 2.24) is 10.2 Å². The number of nitrogens with one attached hydrogen (secondary N) is 1. The number of hydrogen-bond acceptors (Lipinski definition) is 3. The molecule has 0 aliphatic heterocycles. The summed E-state index contributed by atoms with van der Waals surface area (Å²) in [5.74, 6) is -0.486. The maximum Gasteiger partial charge on any atom is 0.317 e. The van der Waals surface area contributed by atoms with Gasteiger partial charge in [0.05, 0.1) is 10.9 Å². The predicted molar refractivity (Wildman–Crippen MR) is 88.0 cm³/mol. The maximum absolute atomic E-state index is 12.0. The van der Waals surface area contributed by atoms with Crippen LogP contribution in [0.3, 0.4) is 0 Å². The van der Waals surface area contributed by atoms with Crippen molar-refractivity contribution in [2.24, 2.45) is 5.73 Å². The Morgan fingerprint density at radius 1 is 1.32 bits per heavy atom. The van der Waals surface area contributed by atoms with E-state index in [2.05, 4.69) is 5.32 Å². The molecule has 3 N–H and O–H groups in total. The Labute approximate surface area is 137 Å². The van der Waals surface area contributed by atoms with Crippen LogP contribution in [0.1, 0.15) is 20.8 Å². The van der Waals surface area contributed by atoms with Crippen LogP contribution in [0.15, 0.2) is 36.4 Å². The molecule has 0 aliphatic carbocycles. The summed E-state index contributed by atoms with van der Waals surface area (Å²) in [7, 11) is 1.71. The van der Waals surface area contributed by atoms with Crippen LogP contribution in [0.2, 0.25) is 4.34 Å². The van der Waals surface area contributed by atoms with Crippen molar-refractivity contribution in [2.45, 2.75) is 13.1 Å². The van der Waals surface area contributed by atoms with Crippen LogP contribution < -0.4 is 11.1 Å². The van der Waals surface area contributed by atoms with Gasteiger partial charge in [0.2, 0.25) is 5.91 Å². The molecule has 5 nitrogen and oxygen atoms in total. The van der Waals surface area contributed by atoms with E-state index in [4.69, 9.17) is 17.3 Å². The molecule has 1 aromatic heterocycles. The molecule has 0 fully saturated rings. The van der Waals surface area contributed by atoms with Crippen LogP contribution in [-0.4, -0.2) is 23.9 Å². The van der Waals surface area contributed by atoms with Gasteiger partial charge in [-0.2, -0.15) is 0 Å². The highest BCUT2D eigenvalue weighted by molar-refractivity contribution is 7.16. The number of amides is 3. The van der Waals surface area contributed by atoms with E-state index in [9.17, 15) is 9.59 Å². The molecular weight excluding hydrogens is 322 g/mol. The fourth-order valence-corrected chi connectivity index (χ4v) is 3.03. The monoisotopic (exact) mass is 337 g/mol. The number of carbonyl (C=O) groups is 2. The first-order valence-electron chi connectivity index (χ1n) is 6.57. The van der Waals surface area contributed by atoms with Gasteiger partial charge in [0.15, 0.2) is 0 Å². The summed E-state index contributed by atoms with van der Waals surface area (Å²) >= 11 is 7.31. The number of thiophene rings is 1. The number of benzene rings is 1. The number of primary amides is 1. The fourth-order valence-electron chi connectivity index (χ4n) is 1.89. The third-order valence-electron chi connectivity index (χ3n) is 3.02. The first-order chi connectivity index (χ1) is 10.5. The highest BCUT2D eigenvalue weighted by atomic mass is 35.5. The average Bonchev–Trinajstić information content (AvgIpc) is 2.90. The number of halogens is 1. The summed E-state index contributed by atoms with van der Waals surface area (Å²) < 4.78 is 0.701. The summed E-state index contributed by atoms with van der Waals surface area (Å²) in [6.45, 7) is 0.819. The summed E-state index contributed by atoms with van der Waals surface area (Å²) in [4.78, 5) is 25.7. The molecule has 0 radical (unpaired) electrons. The van der Waals surface area contributed by atoms with Gasteiger partial charge in [0.25, 0.3) is 0 Å². The molecule has 2 rings (SSSR count). The third kappa shape index (κ3) is 4.47. The lowest BCUT2D eigenvalue weighted by atomic mass is 10.1. The Hall–Kier alpha value is -2.05. The van der Waals surface area contributed by atoms with E-state index in [1.54, 1.807) is 30.1 Å². The van der Waals surface area contributed by atoms with Gasteiger partial charge in [-0.3, -0.25) is 4.79 Å². The number of nitrogens with zero attached hydrogens (tertiary/aromatic N) is 1. The molecule has 0 spiro atoms. The normalized spacial score (nSPS) is 10.3. The second-order valence-electron chi connectivity index (χ2n) is 4.79. The standard InChI is InChI=1S/C15H16ClN3O2S/c1-19(9-12-5-6-13(16)22-12)15(21)18-8-10-3-2-4-11(7-10)14(17)20/h2-7H,8-9H2,1H3,(H2,17,20)(H,18,21). The number of rotatable bonds is 5. The quantitative estimate of drug-likeness (QED) is 0.880. The van der Waals surface area contributed by atoms with Gasteiger partial charge in [-0.1, -0.05) is 23.7 Å². The molecule has 0 saturated heterocycles. The Morgan fingerprint density at radius 3 is 2.73 bits per heavy atom. The molecule has 0 aliphatic rings. The van der Waals surface area contributed by atoms with Crippen LogP contribution in [0.25, 0.3) is 0 Å². The minimum absolute atomic E-state index is 0.200. The van der Waals surface area contributed by atoms with E-state index in [1.165, 1.54) is 11.3 Å². The molecule has 0 saturated carbocycles. The summed E-state index contributed by atoms with van der Waals surface area (Å²) in [5, 5.41) is 2.80. The topological polar surface area (TPSA) is 75.4 Å². The Bertz CT molecular complexity index is 687. The van der Waals surface area contributed by atoms with Crippen molar-refractivity contribution < 1.29 is 9.59 Å². The molecule has 1 heterocycles. The van der Waals surface area contributed by atoms with E-state index in [0.717, 1.165) is 10.4 Å². The number of urea groups is 1. The van der Waals surface area contributed by atoms with Crippen molar-refractivity contribution in [3.8, 4) is 0 Å². The van der Waals surface area contributed by atoms with Crippen LogP contribution in [0.5, 0.6) is 0 Å². The van der Waals surface area contributed by atoms with Crippen LogP contribution in [0, 0.1) is 0 Å². The van der Waals surface area contributed by atoms with Gasteiger partial charge in [-0.25, -0.2) is 4.79 Å². The lowest BCUT2D eigenvalue weighted by Crippen LogP contribution is -2.36. The van der Waals surface area contributed by atoms with E-state index < -0.39 is 5.91 Å². The molecule has 116 valence electrons. The molecule has 7 heteroatoms. The van der Waals surface area contributed by atoms with Crippen molar-refractivity contribution in [1.29, 1.82) is 0 Å². The van der Waals surface area contributed by atoms with Gasteiger partial charge >= 0.3 is 6.03 Å². The number of hydrogen-bond donors (Lipinski definition) is 2. The van der Waals surface area contributed by atoms with Gasteiger partial charge in [0, 0.05) is 24.0 Å². The lowest BCUT2D eigenvalue weighted by Gasteiger charge is -2.17. The smallest absolute Gasteiger partial charge is 0.317 e. The van der Waals surface area contributed by atoms with Gasteiger partial charge < -0.3 is 16.0 Å². The highest BCUT2D eigenvalue weighted by Crippen LogP contribution is 2.22. The third-order valence-corrected chi connectivity index (χ3v) is 4.24. The van der Waals surface area contributed by atoms with E-state index >= 15 is 0 Å². The first-order valence-corrected chi connectivity index (χ1v) is 7.77. The van der Waals surface area contributed by atoms with E-state index in [-0.39, 0.29) is 6.03 Å². The zero-order valence-corrected chi connectivity index (χ0v) is 13.6. The molecule has 3 amide bonds. The summed E-state index contributed by atoms with van der Waals surface area (Å²) in [5.41, 5.74) is 6.47. The molecule has 0 bridgehead atoms. The van der Waals surface area contributed by atoms with Crippen molar-refractivity contribution in [3.63, 3.8) is 0 Å². The van der Waals surface area contributed by atoms with Gasteiger partial charge in [-0.05, 0) is 29.8 Å². The van der Waals surface area contributed by atoms with Crippen LogP contribution in [0.4, 0.5) is 4.79 Å². The maximum atomic E-state index is 12.0. The summed E-state index contributed by atoms with van der Waals surface area (Å²) in [6.07, 6.45) is 0. The van der Waals surface area contributed by atoms with Crippen LogP contribution >= 0.6 is 22.9 Å². The second kappa shape index (κ2) is 7.29. The van der Waals surface area contributed by atoms with E-state index in [1.807, 2.05) is 18.2 Å². The van der Waals surface area contributed by atoms with Gasteiger partial charge in [0.1, 0.15) is 0 Å². The summed E-state index contributed by atoms with van der Waals surface area (Å²) in [6, 6.07) is 10.4. The fraction of sp³-hybridized carbons (Fsp3) is 0.200. The SMILES string of the molecule is CN(Cc1ccc(Cl)s1)C(=O)NCc1cccc(C(N)=O)c1. The molecule has 22 heavy (non-hydrogen) atoms. The van der Waals surface area contributed by atoms with Crippen molar-refractivity contribution in [2.75, 3.05) is 7.05 Å². The molecule has 2 aromatic rings. The molecular formula is C15H16ClN3O2S. The first kappa shape index (κ1) is 16.3. The molecule has 0 unspecified atom stereocenters. The van der Waals surface area contributed by atoms with E-state index in [0.29, 0.717) is 23.0 Å². The minimum Gasteiger partial charge on any atom is -0.366 e. The number of nitrogens with two attached hydrogens (primary N) is 1. The predicted octanol–water partition coefficient (Wildman–Crippen LogP) is 2.84. The highest BCUT2D eigenvalue weighted by Gasteiger charge is 2.10. The lowest BCUT2D eigenvalue weighted by molar-refractivity contribution is 0.1000. The van der Waals surface area contributed by atoms with Crippen LogP contribution in [-0.2, 0) is 13.1 Å². The van der Waals surface area contributed by atoms with Crippen molar-refractivity contribution in [3.05, 3.63) is 56.7 Å². The largest absolute Gasteiger partial charge is 0.366 e. The number of carbonyl (C=O) groups excluding carboxylic acids is 2. The Kier molecular flexibility index (Phi) is 5.41. The molecule has 1 aromatic carbocycles. The Morgan fingerprint density at radius 2 is 2.09 bits per heavy atom. The van der Waals surface area contributed by atoms with Crippen molar-refractivity contribution >= 4 is 34.9 Å². The average molecular weight is 338 g/mol. The Balaban J connectivity index is 1.89.